The molecule has 0 radical (unpaired) electrons. The molecule has 2 N–H and O–H groups in total. The molecule has 2 aromatic carbocycles. The van der Waals surface area contributed by atoms with Crippen molar-refractivity contribution < 1.29 is 9.32 Å². The number of amides is 1. The van der Waals surface area contributed by atoms with E-state index in [4.69, 9.17) is 10.3 Å². The number of aryl methyl sites for hydroxylation is 1. The third kappa shape index (κ3) is 6.44. The Labute approximate surface area is 178 Å². The Balaban J connectivity index is 0.00000300. The minimum atomic E-state index is 0. The van der Waals surface area contributed by atoms with Crippen molar-refractivity contribution in [3.8, 4) is 11.3 Å². The molecule has 6 heteroatoms. The first-order valence-corrected chi connectivity index (χ1v) is 9.73. The highest BCUT2D eigenvalue weighted by molar-refractivity contribution is 5.94. The predicted molar refractivity (Wildman–Crippen MR) is 118 cm³/mol. The molecule has 0 saturated carbocycles. The quantitative estimate of drug-likeness (QED) is 0.516. The molecule has 1 aromatic heterocycles. The zero-order valence-corrected chi connectivity index (χ0v) is 17.5. The summed E-state index contributed by atoms with van der Waals surface area (Å²) in [5.74, 6) is 0.953. The summed E-state index contributed by atoms with van der Waals surface area (Å²) in [6.45, 7) is 1.23. The summed E-state index contributed by atoms with van der Waals surface area (Å²) < 4.78 is 5.44. The molecule has 0 spiro atoms. The molecule has 0 bridgehead atoms. The van der Waals surface area contributed by atoms with Crippen LogP contribution in [0.5, 0.6) is 0 Å². The van der Waals surface area contributed by atoms with E-state index in [0.29, 0.717) is 12.1 Å². The van der Waals surface area contributed by atoms with Gasteiger partial charge in [-0.25, -0.2) is 0 Å². The molecule has 3 aromatic rings. The highest BCUT2D eigenvalue weighted by Crippen LogP contribution is 2.19. The monoisotopic (exact) mass is 413 g/mol. The van der Waals surface area contributed by atoms with Gasteiger partial charge in [0.1, 0.15) is 11.5 Å². The standard InChI is InChI=1S/C23H27N3O2.ClH/c1-26(23(27)20-13-11-18(17-24)12-14-20)15-7-3-6-10-21-16-22(25-28-21)19-8-4-2-5-9-19;/h2,4-5,8-9,11-14,16H,3,6-7,10,15,17,24H2,1H3;1H. The van der Waals surface area contributed by atoms with Gasteiger partial charge in [0.05, 0.1) is 0 Å². The molecule has 0 aliphatic carbocycles. The Morgan fingerprint density at radius 2 is 1.76 bits per heavy atom. The largest absolute Gasteiger partial charge is 0.361 e. The number of carbonyl (C=O) groups excluding carboxylic acids is 1. The molecule has 29 heavy (non-hydrogen) atoms. The van der Waals surface area contributed by atoms with E-state index in [1.807, 2.05) is 67.7 Å². The molecule has 0 saturated heterocycles. The van der Waals surface area contributed by atoms with Gasteiger partial charge in [0, 0.05) is 43.8 Å². The maximum atomic E-state index is 12.4. The maximum absolute atomic E-state index is 12.4. The summed E-state index contributed by atoms with van der Waals surface area (Å²) in [4.78, 5) is 14.2. The molecule has 5 nitrogen and oxygen atoms in total. The SMILES string of the molecule is CN(CCCCCc1cc(-c2ccccc2)no1)C(=O)c1ccc(CN)cc1.Cl. The first-order valence-electron chi connectivity index (χ1n) is 9.73. The van der Waals surface area contributed by atoms with E-state index in [1.165, 1.54) is 0 Å². The smallest absolute Gasteiger partial charge is 0.253 e. The Morgan fingerprint density at radius 3 is 2.45 bits per heavy atom. The molecule has 1 heterocycles. The van der Waals surface area contributed by atoms with Crippen molar-refractivity contribution in [1.29, 1.82) is 0 Å². The van der Waals surface area contributed by atoms with Crippen LogP contribution in [0.2, 0.25) is 0 Å². The molecule has 154 valence electrons. The number of hydrogen-bond acceptors (Lipinski definition) is 4. The van der Waals surface area contributed by atoms with E-state index < -0.39 is 0 Å². The number of rotatable bonds is 9. The van der Waals surface area contributed by atoms with Gasteiger partial charge in [-0.2, -0.15) is 0 Å². The van der Waals surface area contributed by atoms with Gasteiger partial charge in [-0.3, -0.25) is 4.79 Å². The zero-order valence-electron chi connectivity index (χ0n) is 16.7. The molecule has 0 fully saturated rings. The number of nitrogens with two attached hydrogens (primary N) is 1. The lowest BCUT2D eigenvalue weighted by Gasteiger charge is -2.17. The maximum Gasteiger partial charge on any atom is 0.253 e. The average Bonchev–Trinajstić information content (AvgIpc) is 3.22. The van der Waals surface area contributed by atoms with Crippen molar-refractivity contribution in [2.24, 2.45) is 5.73 Å². The first-order chi connectivity index (χ1) is 13.7. The van der Waals surface area contributed by atoms with Crippen LogP contribution in [0.15, 0.2) is 65.2 Å². The fourth-order valence-electron chi connectivity index (χ4n) is 3.11. The number of aromatic nitrogens is 1. The van der Waals surface area contributed by atoms with Gasteiger partial charge in [0.15, 0.2) is 0 Å². The highest BCUT2D eigenvalue weighted by atomic mass is 35.5. The summed E-state index contributed by atoms with van der Waals surface area (Å²) >= 11 is 0. The lowest BCUT2D eigenvalue weighted by atomic mass is 10.1. The molecule has 1 amide bonds. The average molecular weight is 414 g/mol. The number of halogens is 1. The topological polar surface area (TPSA) is 72.4 Å². The second kappa shape index (κ2) is 11.4. The van der Waals surface area contributed by atoms with E-state index in [1.54, 1.807) is 4.90 Å². The van der Waals surface area contributed by atoms with Gasteiger partial charge in [0.25, 0.3) is 5.91 Å². The minimum Gasteiger partial charge on any atom is -0.361 e. The fraction of sp³-hybridized carbons (Fsp3) is 0.304. The Kier molecular flexibility index (Phi) is 8.90. The van der Waals surface area contributed by atoms with Gasteiger partial charge in [0.2, 0.25) is 0 Å². The van der Waals surface area contributed by atoms with E-state index >= 15 is 0 Å². The van der Waals surface area contributed by atoms with Crippen molar-refractivity contribution in [3.05, 3.63) is 77.6 Å². The second-order valence-corrected chi connectivity index (χ2v) is 6.98. The molecule has 0 aliphatic rings. The summed E-state index contributed by atoms with van der Waals surface area (Å²) in [5, 5.41) is 4.15. The van der Waals surface area contributed by atoms with Crippen LogP contribution >= 0.6 is 12.4 Å². The van der Waals surface area contributed by atoms with Gasteiger partial charge >= 0.3 is 0 Å². The lowest BCUT2D eigenvalue weighted by molar-refractivity contribution is 0.0792. The number of benzene rings is 2. The first kappa shape index (κ1) is 22.7. The van der Waals surface area contributed by atoms with Gasteiger partial charge in [-0.1, -0.05) is 54.0 Å². The van der Waals surface area contributed by atoms with Crippen molar-refractivity contribution in [1.82, 2.24) is 10.1 Å². The van der Waals surface area contributed by atoms with Crippen LogP contribution in [0.3, 0.4) is 0 Å². The Hall–Kier alpha value is -2.63. The number of unbranched alkanes of at least 4 members (excludes halogenated alkanes) is 2. The summed E-state index contributed by atoms with van der Waals surface area (Å²) in [6, 6.07) is 19.5. The minimum absolute atomic E-state index is 0. The number of nitrogens with zero attached hydrogens (tertiary/aromatic N) is 2. The van der Waals surface area contributed by atoms with Crippen LogP contribution < -0.4 is 5.73 Å². The summed E-state index contributed by atoms with van der Waals surface area (Å²) in [7, 11) is 1.85. The van der Waals surface area contributed by atoms with E-state index in [0.717, 1.165) is 54.8 Å². The van der Waals surface area contributed by atoms with E-state index in [2.05, 4.69) is 5.16 Å². The third-order valence-corrected chi connectivity index (χ3v) is 4.83. The second-order valence-electron chi connectivity index (χ2n) is 6.98. The third-order valence-electron chi connectivity index (χ3n) is 4.83. The van der Waals surface area contributed by atoms with Crippen molar-refractivity contribution in [2.45, 2.75) is 32.2 Å². The van der Waals surface area contributed by atoms with Crippen LogP contribution in [-0.4, -0.2) is 29.6 Å². The Bertz CT molecular complexity index is 879. The lowest BCUT2D eigenvalue weighted by Crippen LogP contribution is -2.27. The van der Waals surface area contributed by atoms with Crippen LogP contribution in [-0.2, 0) is 13.0 Å². The van der Waals surface area contributed by atoms with Gasteiger partial charge in [-0.15, -0.1) is 12.4 Å². The van der Waals surface area contributed by atoms with Crippen molar-refractivity contribution in [2.75, 3.05) is 13.6 Å². The fourth-order valence-corrected chi connectivity index (χ4v) is 3.11. The zero-order chi connectivity index (χ0) is 19.8. The molecule has 0 unspecified atom stereocenters. The molecule has 3 rings (SSSR count). The number of carbonyl (C=O) groups is 1. The highest BCUT2D eigenvalue weighted by Gasteiger charge is 2.11. The summed E-state index contributed by atoms with van der Waals surface area (Å²) in [5.41, 5.74) is 9.27. The molecule has 0 aliphatic heterocycles. The van der Waals surface area contributed by atoms with Crippen molar-refractivity contribution in [3.63, 3.8) is 0 Å². The normalized spacial score (nSPS) is 10.4. The number of hydrogen-bond donors (Lipinski definition) is 1. The molecular weight excluding hydrogens is 386 g/mol. The van der Waals surface area contributed by atoms with Gasteiger partial charge in [-0.05, 0) is 30.5 Å². The van der Waals surface area contributed by atoms with Crippen LogP contribution in [0, 0.1) is 0 Å². The Morgan fingerprint density at radius 1 is 1.03 bits per heavy atom. The van der Waals surface area contributed by atoms with E-state index in [9.17, 15) is 4.79 Å². The predicted octanol–water partition coefficient (Wildman–Crippen LogP) is 4.71. The van der Waals surface area contributed by atoms with Crippen molar-refractivity contribution >= 4 is 18.3 Å². The van der Waals surface area contributed by atoms with Gasteiger partial charge < -0.3 is 15.2 Å². The molecule has 0 atom stereocenters. The van der Waals surface area contributed by atoms with Crippen LogP contribution in [0.1, 0.15) is 40.9 Å². The van der Waals surface area contributed by atoms with E-state index in [-0.39, 0.29) is 18.3 Å². The molecular formula is C23H28ClN3O2. The van der Waals surface area contributed by atoms with Crippen LogP contribution in [0.25, 0.3) is 11.3 Å². The van der Waals surface area contributed by atoms with Crippen LogP contribution in [0.4, 0.5) is 0 Å². The summed E-state index contributed by atoms with van der Waals surface area (Å²) in [6.07, 6.45) is 3.86.